The van der Waals surface area contributed by atoms with Gasteiger partial charge >= 0.3 is 0 Å². The van der Waals surface area contributed by atoms with Crippen LogP contribution in [0.5, 0.6) is 5.75 Å². The second-order valence-corrected chi connectivity index (χ2v) is 9.46. The van der Waals surface area contributed by atoms with E-state index in [0.717, 1.165) is 11.3 Å². The fraction of sp³-hybridized carbons (Fsp3) is 0.167. The molecule has 0 unspecified atom stereocenters. The smallest absolute Gasteiger partial charge is 0.220 e. The van der Waals surface area contributed by atoms with E-state index in [0.29, 0.717) is 26.8 Å². The predicted octanol–water partition coefficient (Wildman–Crippen LogP) is 6.17. The molecule has 34 heavy (non-hydrogen) atoms. The summed E-state index contributed by atoms with van der Waals surface area (Å²) >= 11 is 4.78. The van der Waals surface area contributed by atoms with E-state index in [9.17, 15) is 14.5 Å². The summed E-state index contributed by atoms with van der Waals surface area (Å²) in [4.78, 5) is 11.1. The van der Waals surface area contributed by atoms with Crippen LogP contribution in [0.1, 0.15) is 22.2 Å². The van der Waals surface area contributed by atoms with E-state index >= 15 is 0 Å². The van der Waals surface area contributed by atoms with Gasteiger partial charge in [0.1, 0.15) is 29.2 Å². The molecule has 0 bridgehead atoms. The third-order valence-electron chi connectivity index (χ3n) is 4.98. The van der Waals surface area contributed by atoms with Crippen LogP contribution >= 0.6 is 27.7 Å². The molecule has 0 fully saturated rings. The second kappa shape index (κ2) is 10.8. The summed E-state index contributed by atoms with van der Waals surface area (Å²) in [6.45, 7) is 1.75. The zero-order chi connectivity index (χ0) is 24.1. The Labute approximate surface area is 208 Å². The molecule has 0 aliphatic heterocycles. The molecule has 0 spiro atoms. The first-order valence-electron chi connectivity index (χ1n) is 10.3. The van der Waals surface area contributed by atoms with Gasteiger partial charge in [0.05, 0.1) is 4.47 Å². The van der Waals surface area contributed by atoms with Gasteiger partial charge in [-0.2, -0.15) is 0 Å². The van der Waals surface area contributed by atoms with Gasteiger partial charge in [-0.15, -0.1) is 10.2 Å². The van der Waals surface area contributed by atoms with E-state index in [1.165, 1.54) is 23.9 Å². The molecular formula is C24H20BrFN4O3S. The minimum Gasteiger partial charge on any atom is -0.488 e. The molecule has 3 aromatic carbocycles. The highest BCUT2D eigenvalue weighted by molar-refractivity contribution is 9.10. The van der Waals surface area contributed by atoms with Crippen LogP contribution in [0.15, 0.2) is 82.4 Å². The van der Waals surface area contributed by atoms with Crippen molar-refractivity contribution in [1.82, 2.24) is 14.8 Å². The maximum atomic E-state index is 13.4. The maximum Gasteiger partial charge on any atom is 0.220 e. The number of nitro groups is 1. The molecule has 0 N–H and O–H groups in total. The van der Waals surface area contributed by atoms with Crippen LogP contribution in [-0.4, -0.2) is 26.2 Å². The largest absolute Gasteiger partial charge is 0.488 e. The van der Waals surface area contributed by atoms with Gasteiger partial charge in [-0.05, 0) is 70.4 Å². The van der Waals surface area contributed by atoms with Crippen molar-refractivity contribution in [2.45, 2.75) is 23.9 Å². The molecule has 0 amide bonds. The summed E-state index contributed by atoms with van der Waals surface area (Å²) < 4.78 is 21.7. The molecule has 10 heteroatoms. The Morgan fingerprint density at radius 1 is 1.12 bits per heavy atom. The van der Waals surface area contributed by atoms with Crippen LogP contribution in [0.3, 0.4) is 0 Å². The van der Waals surface area contributed by atoms with E-state index in [1.54, 1.807) is 30.3 Å². The van der Waals surface area contributed by atoms with Crippen molar-refractivity contribution < 1.29 is 14.1 Å². The number of benzene rings is 3. The number of para-hydroxylation sites is 1. The summed E-state index contributed by atoms with van der Waals surface area (Å²) in [5.74, 6) is 0.922. The number of rotatable bonds is 9. The Kier molecular flexibility index (Phi) is 7.59. The summed E-state index contributed by atoms with van der Waals surface area (Å²) in [6, 6.07) is 21.2. The SMILES string of the molecule is Cc1nnc(S[C@H](C[N+](=O)[O-])c2ccc(OCc3cccc(F)c3)c(Br)c2)n1-c1ccccc1. The monoisotopic (exact) mass is 542 g/mol. The molecule has 174 valence electrons. The van der Waals surface area contributed by atoms with E-state index in [4.69, 9.17) is 4.74 Å². The second-order valence-electron chi connectivity index (χ2n) is 7.43. The summed E-state index contributed by atoms with van der Waals surface area (Å²) in [7, 11) is 0. The number of hydrogen-bond acceptors (Lipinski definition) is 6. The Morgan fingerprint density at radius 2 is 1.91 bits per heavy atom. The Morgan fingerprint density at radius 3 is 2.62 bits per heavy atom. The van der Waals surface area contributed by atoms with Crippen molar-refractivity contribution in [3.63, 3.8) is 0 Å². The van der Waals surface area contributed by atoms with Crippen molar-refractivity contribution in [3.8, 4) is 11.4 Å². The lowest BCUT2D eigenvalue weighted by molar-refractivity contribution is -0.479. The van der Waals surface area contributed by atoms with Crippen molar-refractivity contribution in [2.75, 3.05) is 6.54 Å². The molecule has 7 nitrogen and oxygen atoms in total. The highest BCUT2D eigenvalue weighted by atomic mass is 79.9. The molecule has 0 saturated heterocycles. The Balaban J connectivity index is 1.57. The molecular weight excluding hydrogens is 523 g/mol. The molecule has 0 aliphatic rings. The lowest BCUT2D eigenvalue weighted by Crippen LogP contribution is -2.11. The van der Waals surface area contributed by atoms with Gasteiger partial charge in [-0.3, -0.25) is 14.7 Å². The molecule has 0 saturated carbocycles. The number of thioether (sulfide) groups is 1. The van der Waals surface area contributed by atoms with E-state index in [2.05, 4.69) is 26.1 Å². The van der Waals surface area contributed by atoms with Gasteiger partial charge in [0, 0.05) is 10.6 Å². The van der Waals surface area contributed by atoms with Gasteiger partial charge in [0.15, 0.2) is 5.16 Å². The van der Waals surface area contributed by atoms with Crippen LogP contribution in [0.4, 0.5) is 4.39 Å². The van der Waals surface area contributed by atoms with Gasteiger partial charge in [-0.25, -0.2) is 4.39 Å². The number of ether oxygens (including phenoxy) is 1. The zero-order valence-corrected chi connectivity index (χ0v) is 20.5. The highest BCUT2D eigenvalue weighted by Gasteiger charge is 2.24. The molecule has 0 aliphatic carbocycles. The van der Waals surface area contributed by atoms with Gasteiger partial charge in [-0.1, -0.05) is 48.2 Å². The highest BCUT2D eigenvalue weighted by Crippen LogP contribution is 2.38. The minimum absolute atomic E-state index is 0.197. The molecule has 1 heterocycles. The molecule has 4 rings (SSSR count). The van der Waals surface area contributed by atoms with Crippen molar-refractivity contribution in [3.05, 3.63) is 110 Å². The van der Waals surface area contributed by atoms with Crippen molar-refractivity contribution in [1.29, 1.82) is 0 Å². The zero-order valence-electron chi connectivity index (χ0n) is 18.1. The summed E-state index contributed by atoms with van der Waals surface area (Å²) in [5, 5.41) is 20.0. The third-order valence-corrected chi connectivity index (χ3v) is 6.78. The fourth-order valence-electron chi connectivity index (χ4n) is 3.39. The van der Waals surface area contributed by atoms with Crippen molar-refractivity contribution in [2.24, 2.45) is 0 Å². The van der Waals surface area contributed by atoms with E-state index in [-0.39, 0.29) is 23.9 Å². The summed E-state index contributed by atoms with van der Waals surface area (Å²) in [6.07, 6.45) is 0. The summed E-state index contributed by atoms with van der Waals surface area (Å²) in [5.41, 5.74) is 2.33. The Bertz CT molecular complexity index is 1300. The van der Waals surface area contributed by atoms with Gasteiger partial charge < -0.3 is 4.74 Å². The lowest BCUT2D eigenvalue weighted by atomic mass is 10.1. The average molecular weight is 543 g/mol. The Hall–Kier alpha value is -3.24. The third kappa shape index (κ3) is 5.81. The quantitative estimate of drug-likeness (QED) is 0.143. The first kappa shape index (κ1) is 23.9. The van der Waals surface area contributed by atoms with Gasteiger partial charge in [0.2, 0.25) is 6.54 Å². The van der Waals surface area contributed by atoms with Crippen molar-refractivity contribution >= 4 is 27.7 Å². The van der Waals surface area contributed by atoms with Crippen LogP contribution in [0.25, 0.3) is 5.69 Å². The van der Waals surface area contributed by atoms with Crippen LogP contribution in [0.2, 0.25) is 0 Å². The number of aromatic nitrogens is 3. The molecule has 0 radical (unpaired) electrons. The van der Waals surface area contributed by atoms with Crippen LogP contribution in [0, 0.1) is 22.9 Å². The standard InChI is InChI=1S/C24H20BrFN4O3S/c1-16-27-28-24(30(16)20-8-3-2-4-9-20)34-23(14-29(31)32)18-10-11-22(21(25)13-18)33-15-17-6-5-7-19(26)12-17/h2-13,23H,14-15H2,1H3/t23-/m1/s1. The minimum atomic E-state index is -0.505. The number of nitrogens with zero attached hydrogens (tertiary/aromatic N) is 4. The number of aryl methyl sites for hydroxylation is 1. The molecule has 1 atom stereocenters. The first-order chi connectivity index (χ1) is 16.4. The topological polar surface area (TPSA) is 83.1 Å². The normalized spacial score (nSPS) is 11.9. The fourth-order valence-corrected chi connectivity index (χ4v) is 5.06. The molecule has 4 aromatic rings. The number of hydrogen-bond donors (Lipinski definition) is 0. The maximum absolute atomic E-state index is 13.4. The van der Waals surface area contributed by atoms with Crippen LogP contribution < -0.4 is 4.74 Å². The van der Waals surface area contributed by atoms with E-state index in [1.807, 2.05) is 41.8 Å². The predicted molar refractivity (Wildman–Crippen MR) is 131 cm³/mol. The van der Waals surface area contributed by atoms with Gasteiger partial charge in [0.25, 0.3) is 0 Å². The van der Waals surface area contributed by atoms with Crippen LogP contribution in [-0.2, 0) is 6.61 Å². The lowest BCUT2D eigenvalue weighted by Gasteiger charge is -2.16. The van der Waals surface area contributed by atoms with E-state index < -0.39 is 5.25 Å². The first-order valence-corrected chi connectivity index (χ1v) is 12.0. The number of halogens is 2. The molecule has 1 aromatic heterocycles. The average Bonchev–Trinajstić information content (AvgIpc) is 3.18.